The van der Waals surface area contributed by atoms with Crippen LogP contribution in [0.25, 0.3) is 23.3 Å². The SMILES string of the molecule is CCOCCOc1ccc(C=Cc2nc3c(c(=O)n(CC)c(=O)n3CC)n2C)cn1. The number of hydrogen-bond donors (Lipinski definition) is 0. The zero-order valence-electron chi connectivity index (χ0n) is 17.8. The molecule has 3 heterocycles. The van der Waals surface area contributed by atoms with E-state index in [-0.39, 0.29) is 11.2 Å². The highest BCUT2D eigenvalue weighted by atomic mass is 16.5. The lowest BCUT2D eigenvalue weighted by Gasteiger charge is -2.08. The Morgan fingerprint density at radius 3 is 2.43 bits per heavy atom. The fourth-order valence-corrected chi connectivity index (χ4v) is 3.19. The van der Waals surface area contributed by atoms with Gasteiger partial charge in [0.25, 0.3) is 5.56 Å². The van der Waals surface area contributed by atoms with Crippen LogP contribution in [0.15, 0.2) is 27.9 Å². The molecule has 3 rings (SSSR count). The molecule has 30 heavy (non-hydrogen) atoms. The third-order valence-electron chi connectivity index (χ3n) is 4.77. The highest BCUT2D eigenvalue weighted by Gasteiger charge is 2.17. The fourth-order valence-electron chi connectivity index (χ4n) is 3.19. The normalized spacial score (nSPS) is 11.6. The Morgan fingerprint density at radius 1 is 1.03 bits per heavy atom. The molecule has 0 aliphatic rings. The van der Waals surface area contributed by atoms with Gasteiger partial charge in [0.2, 0.25) is 5.88 Å². The van der Waals surface area contributed by atoms with Gasteiger partial charge in [-0.05, 0) is 44.6 Å². The van der Waals surface area contributed by atoms with Crippen molar-refractivity contribution in [1.29, 1.82) is 0 Å². The molecule has 9 nitrogen and oxygen atoms in total. The summed E-state index contributed by atoms with van der Waals surface area (Å²) in [6.07, 6.45) is 5.35. The number of imidazole rings is 1. The molecular formula is C21H27N5O4. The molecule has 9 heteroatoms. The van der Waals surface area contributed by atoms with Crippen LogP contribution in [0.2, 0.25) is 0 Å². The van der Waals surface area contributed by atoms with Crippen LogP contribution in [-0.2, 0) is 24.9 Å². The molecule has 160 valence electrons. The average molecular weight is 413 g/mol. The molecule has 0 atom stereocenters. The number of aryl methyl sites for hydroxylation is 2. The molecule has 0 saturated carbocycles. The summed E-state index contributed by atoms with van der Waals surface area (Å²) >= 11 is 0. The maximum absolute atomic E-state index is 12.8. The van der Waals surface area contributed by atoms with E-state index in [9.17, 15) is 9.59 Å². The number of fused-ring (bicyclic) bond motifs is 1. The predicted molar refractivity (Wildman–Crippen MR) is 116 cm³/mol. The zero-order valence-corrected chi connectivity index (χ0v) is 17.8. The van der Waals surface area contributed by atoms with Gasteiger partial charge in [0, 0.05) is 39.0 Å². The molecule has 0 radical (unpaired) electrons. The molecule has 0 saturated heterocycles. The van der Waals surface area contributed by atoms with Crippen molar-refractivity contribution in [2.75, 3.05) is 19.8 Å². The number of pyridine rings is 1. The Hall–Kier alpha value is -3.20. The zero-order chi connectivity index (χ0) is 21.7. The summed E-state index contributed by atoms with van der Waals surface area (Å²) in [5, 5.41) is 0. The Morgan fingerprint density at radius 2 is 1.80 bits per heavy atom. The van der Waals surface area contributed by atoms with Gasteiger partial charge in [0.05, 0.1) is 6.61 Å². The maximum Gasteiger partial charge on any atom is 0.332 e. The summed E-state index contributed by atoms with van der Waals surface area (Å²) in [5.74, 6) is 1.11. The van der Waals surface area contributed by atoms with Crippen molar-refractivity contribution in [2.24, 2.45) is 7.05 Å². The monoisotopic (exact) mass is 413 g/mol. The van der Waals surface area contributed by atoms with E-state index in [1.54, 1.807) is 36.9 Å². The van der Waals surface area contributed by atoms with Crippen molar-refractivity contribution < 1.29 is 9.47 Å². The van der Waals surface area contributed by atoms with E-state index < -0.39 is 0 Å². The highest BCUT2D eigenvalue weighted by Crippen LogP contribution is 2.14. The Kier molecular flexibility index (Phi) is 6.83. The van der Waals surface area contributed by atoms with Crippen molar-refractivity contribution in [3.63, 3.8) is 0 Å². The number of ether oxygens (including phenoxy) is 2. The first-order valence-corrected chi connectivity index (χ1v) is 10.1. The largest absolute Gasteiger partial charge is 0.475 e. The predicted octanol–water partition coefficient (Wildman–Crippen LogP) is 1.92. The average Bonchev–Trinajstić information content (AvgIpc) is 3.07. The number of aromatic nitrogens is 5. The molecule has 0 N–H and O–H groups in total. The van der Waals surface area contributed by atoms with Crippen molar-refractivity contribution in [3.05, 3.63) is 50.6 Å². The van der Waals surface area contributed by atoms with Crippen LogP contribution < -0.4 is 16.0 Å². The summed E-state index contributed by atoms with van der Waals surface area (Å²) in [4.78, 5) is 34.1. The topological polar surface area (TPSA) is 93.2 Å². The molecule has 0 aliphatic carbocycles. The summed E-state index contributed by atoms with van der Waals surface area (Å²) in [6, 6.07) is 3.67. The third-order valence-corrected chi connectivity index (χ3v) is 4.77. The van der Waals surface area contributed by atoms with E-state index in [0.29, 0.717) is 55.8 Å². The molecule has 0 unspecified atom stereocenters. The molecular weight excluding hydrogens is 386 g/mol. The summed E-state index contributed by atoms with van der Waals surface area (Å²) in [7, 11) is 1.77. The van der Waals surface area contributed by atoms with Gasteiger partial charge in [0.1, 0.15) is 12.4 Å². The first-order chi connectivity index (χ1) is 14.5. The molecule has 3 aromatic rings. The second-order valence-electron chi connectivity index (χ2n) is 6.59. The van der Waals surface area contributed by atoms with Gasteiger partial charge in [0.15, 0.2) is 11.2 Å². The lowest BCUT2D eigenvalue weighted by molar-refractivity contribution is 0.108. The Bertz CT molecular complexity index is 1160. The standard InChI is InChI=1S/C21H27N5O4/c1-5-25-19-18(20(27)26(6-2)21(25)28)24(4)16(23-19)10-8-15-9-11-17(22-14-15)30-13-12-29-7-3/h8-11,14H,5-7,12-13H2,1-4H3. The molecule has 0 fully saturated rings. The van der Waals surface area contributed by atoms with Crippen LogP contribution in [0.5, 0.6) is 5.88 Å². The van der Waals surface area contributed by atoms with E-state index in [1.807, 2.05) is 26.0 Å². The van der Waals surface area contributed by atoms with Crippen LogP contribution in [0, 0.1) is 0 Å². The number of hydrogen-bond acceptors (Lipinski definition) is 6. The van der Waals surface area contributed by atoms with Crippen LogP contribution in [0.4, 0.5) is 0 Å². The van der Waals surface area contributed by atoms with Crippen molar-refractivity contribution in [2.45, 2.75) is 33.9 Å². The number of nitrogens with zero attached hydrogens (tertiary/aromatic N) is 5. The van der Waals surface area contributed by atoms with Gasteiger partial charge in [-0.3, -0.25) is 13.9 Å². The lowest BCUT2D eigenvalue weighted by Crippen LogP contribution is -2.39. The minimum absolute atomic E-state index is 0.314. The van der Waals surface area contributed by atoms with Gasteiger partial charge >= 0.3 is 5.69 Å². The van der Waals surface area contributed by atoms with Crippen LogP contribution >= 0.6 is 0 Å². The van der Waals surface area contributed by atoms with Crippen molar-refractivity contribution in [3.8, 4) is 5.88 Å². The van der Waals surface area contributed by atoms with Gasteiger partial charge in [-0.2, -0.15) is 0 Å². The molecule has 0 amide bonds. The smallest absolute Gasteiger partial charge is 0.332 e. The van der Waals surface area contributed by atoms with Gasteiger partial charge in [-0.1, -0.05) is 0 Å². The summed E-state index contributed by atoms with van der Waals surface area (Å²) in [6.45, 7) is 7.95. The van der Waals surface area contributed by atoms with E-state index >= 15 is 0 Å². The van der Waals surface area contributed by atoms with E-state index in [4.69, 9.17) is 9.47 Å². The number of rotatable bonds is 9. The quantitative estimate of drug-likeness (QED) is 0.498. The molecule has 0 aliphatic heterocycles. The van der Waals surface area contributed by atoms with Crippen LogP contribution in [-0.4, -0.2) is 43.5 Å². The van der Waals surface area contributed by atoms with Gasteiger partial charge in [-0.15, -0.1) is 0 Å². The summed E-state index contributed by atoms with van der Waals surface area (Å²) < 4.78 is 15.2. The molecule has 0 spiro atoms. The first-order valence-electron chi connectivity index (χ1n) is 10.1. The van der Waals surface area contributed by atoms with E-state index in [1.165, 1.54) is 9.13 Å². The lowest BCUT2D eigenvalue weighted by atomic mass is 10.2. The minimum atomic E-state index is -0.338. The second-order valence-corrected chi connectivity index (χ2v) is 6.59. The first kappa shape index (κ1) is 21.5. The van der Waals surface area contributed by atoms with E-state index in [2.05, 4.69) is 9.97 Å². The fraction of sp³-hybridized carbons (Fsp3) is 0.429. The van der Waals surface area contributed by atoms with Crippen molar-refractivity contribution >= 4 is 23.3 Å². The second kappa shape index (κ2) is 9.53. The van der Waals surface area contributed by atoms with E-state index in [0.717, 1.165) is 5.56 Å². The summed E-state index contributed by atoms with van der Waals surface area (Å²) in [5.41, 5.74) is 1.00. The maximum atomic E-state index is 12.8. The van der Waals surface area contributed by atoms with Gasteiger partial charge in [-0.25, -0.2) is 14.8 Å². The molecule has 0 aromatic carbocycles. The van der Waals surface area contributed by atoms with Crippen LogP contribution in [0.3, 0.4) is 0 Å². The highest BCUT2D eigenvalue weighted by molar-refractivity contribution is 5.76. The Labute approximate surface area is 174 Å². The minimum Gasteiger partial charge on any atom is -0.475 e. The third kappa shape index (κ3) is 4.20. The Balaban J connectivity index is 1.88. The van der Waals surface area contributed by atoms with Crippen molar-refractivity contribution in [1.82, 2.24) is 23.7 Å². The van der Waals surface area contributed by atoms with Gasteiger partial charge < -0.3 is 14.0 Å². The molecule has 3 aromatic heterocycles. The molecule has 0 bridgehead atoms. The van der Waals surface area contributed by atoms with Crippen LogP contribution in [0.1, 0.15) is 32.2 Å².